The van der Waals surface area contributed by atoms with Crippen LogP contribution in [0.1, 0.15) is 12.5 Å². The molecule has 0 fully saturated rings. The summed E-state index contributed by atoms with van der Waals surface area (Å²) in [6.45, 7) is 3.53. The van der Waals surface area contributed by atoms with Crippen LogP contribution in [0, 0.1) is 0 Å². The summed E-state index contributed by atoms with van der Waals surface area (Å²) in [5, 5.41) is 4.16. The van der Waals surface area contributed by atoms with E-state index < -0.39 is 0 Å². The molecule has 0 amide bonds. The predicted molar refractivity (Wildman–Crippen MR) is 67.2 cm³/mol. The number of nitrogens with zero attached hydrogens (tertiary/aromatic N) is 2. The predicted octanol–water partition coefficient (Wildman–Crippen LogP) is 2.20. The molecular formula is C13H17N3O. The third-order valence-electron chi connectivity index (χ3n) is 2.50. The van der Waals surface area contributed by atoms with E-state index >= 15 is 0 Å². The van der Waals surface area contributed by atoms with Crippen LogP contribution in [0.4, 0.5) is 0 Å². The first-order valence-electron chi connectivity index (χ1n) is 5.81. The molecule has 0 aliphatic carbocycles. The van der Waals surface area contributed by atoms with Crippen molar-refractivity contribution in [1.82, 2.24) is 9.78 Å². The highest BCUT2D eigenvalue weighted by molar-refractivity contribution is 5.32. The van der Waals surface area contributed by atoms with Crippen molar-refractivity contribution in [1.29, 1.82) is 0 Å². The summed E-state index contributed by atoms with van der Waals surface area (Å²) in [6, 6.07) is 7.97. The normalized spacial score (nSPS) is 10.5. The third-order valence-corrected chi connectivity index (χ3v) is 2.50. The first-order valence-corrected chi connectivity index (χ1v) is 5.81. The Morgan fingerprint density at radius 1 is 1.35 bits per heavy atom. The quantitative estimate of drug-likeness (QED) is 0.858. The van der Waals surface area contributed by atoms with E-state index in [0.29, 0.717) is 6.54 Å². The highest BCUT2D eigenvalue weighted by atomic mass is 16.5. The molecule has 4 heteroatoms. The zero-order valence-electron chi connectivity index (χ0n) is 9.97. The van der Waals surface area contributed by atoms with Crippen molar-refractivity contribution in [2.45, 2.75) is 19.9 Å². The van der Waals surface area contributed by atoms with Crippen LogP contribution in [0.25, 0.3) is 0 Å². The maximum Gasteiger partial charge on any atom is 0.165 e. The molecule has 0 bridgehead atoms. The fraction of sp³-hybridized carbons (Fsp3) is 0.308. The van der Waals surface area contributed by atoms with E-state index in [1.165, 1.54) is 5.56 Å². The molecule has 17 heavy (non-hydrogen) atoms. The van der Waals surface area contributed by atoms with Crippen molar-refractivity contribution in [3.8, 4) is 11.5 Å². The van der Waals surface area contributed by atoms with Crippen molar-refractivity contribution in [2.75, 3.05) is 6.54 Å². The monoisotopic (exact) mass is 231 g/mol. The molecule has 1 aromatic heterocycles. The number of aromatic nitrogens is 2. The van der Waals surface area contributed by atoms with Crippen LogP contribution in [-0.2, 0) is 13.0 Å². The van der Waals surface area contributed by atoms with E-state index in [2.05, 4.69) is 11.2 Å². The van der Waals surface area contributed by atoms with Crippen molar-refractivity contribution in [2.24, 2.45) is 5.73 Å². The second-order valence-corrected chi connectivity index (χ2v) is 3.82. The number of hydrogen-bond acceptors (Lipinski definition) is 3. The molecule has 2 N–H and O–H groups in total. The summed E-state index contributed by atoms with van der Waals surface area (Å²) in [7, 11) is 0. The van der Waals surface area contributed by atoms with Gasteiger partial charge >= 0.3 is 0 Å². The molecule has 1 aromatic carbocycles. The van der Waals surface area contributed by atoms with Gasteiger partial charge in [0.25, 0.3) is 0 Å². The summed E-state index contributed by atoms with van der Waals surface area (Å²) < 4.78 is 7.56. The molecule has 0 aliphatic rings. The smallest absolute Gasteiger partial charge is 0.165 e. The Kier molecular flexibility index (Phi) is 3.77. The lowest BCUT2D eigenvalue weighted by atomic mass is 10.1. The van der Waals surface area contributed by atoms with Gasteiger partial charge in [0.2, 0.25) is 0 Å². The van der Waals surface area contributed by atoms with Gasteiger partial charge in [-0.25, -0.2) is 0 Å². The molecule has 2 rings (SSSR count). The summed E-state index contributed by atoms with van der Waals surface area (Å²) in [5.74, 6) is 1.59. The standard InChI is InChI=1S/C13H17N3O/c1-2-16-10-13(9-15-16)17-12-5-3-4-11(8-12)6-7-14/h3-5,8-10H,2,6-7,14H2,1H3. The maximum atomic E-state index is 5.72. The average molecular weight is 231 g/mol. The van der Waals surface area contributed by atoms with E-state index in [-0.39, 0.29) is 0 Å². The Labute approximate surface area is 101 Å². The zero-order chi connectivity index (χ0) is 12.1. The molecule has 0 saturated carbocycles. The average Bonchev–Trinajstić information content (AvgIpc) is 2.78. The van der Waals surface area contributed by atoms with Gasteiger partial charge in [-0.3, -0.25) is 4.68 Å². The lowest BCUT2D eigenvalue weighted by molar-refractivity contribution is 0.480. The molecule has 2 aromatic rings. The molecular weight excluding hydrogens is 214 g/mol. The van der Waals surface area contributed by atoms with Crippen molar-refractivity contribution >= 4 is 0 Å². The third kappa shape index (κ3) is 3.07. The molecule has 0 spiro atoms. The number of benzene rings is 1. The molecule has 0 unspecified atom stereocenters. The van der Waals surface area contributed by atoms with Crippen LogP contribution >= 0.6 is 0 Å². The lowest BCUT2D eigenvalue weighted by Crippen LogP contribution is -2.02. The summed E-state index contributed by atoms with van der Waals surface area (Å²) >= 11 is 0. The number of aryl methyl sites for hydroxylation is 1. The van der Waals surface area contributed by atoms with Crippen molar-refractivity contribution in [3.05, 3.63) is 42.2 Å². The Balaban J connectivity index is 2.09. The largest absolute Gasteiger partial charge is 0.454 e. The van der Waals surface area contributed by atoms with Crippen LogP contribution < -0.4 is 10.5 Å². The molecule has 4 nitrogen and oxygen atoms in total. The van der Waals surface area contributed by atoms with Crippen LogP contribution in [0.15, 0.2) is 36.7 Å². The lowest BCUT2D eigenvalue weighted by Gasteiger charge is -2.04. The molecule has 1 heterocycles. The first-order chi connectivity index (χ1) is 8.31. The second-order valence-electron chi connectivity index (χ2n) is 3.82. The molecule has 0 aliphatic heterocycles. The van der Waals surface area contributed by atoms with Gasteiger partial charge in [0.05, 0.1) is 12.4 Å². The van der Waals surface area contributed by atoms with E-state index in [4.69, 9.17) is 10.5 Å². The minimum Gasteiger partial charge on any atom is -0.454 e. The molecule has 0 atom stereocenters. The summed E-state index contributed by atoms with van der Waals surface area (Å²) in [6.07, 6.45) is 4.47. The molecule has 90 valence electrons. The van der Waals surface area contributed by atoms with E-state index in [1.807, 2.05) is 36.0 Å². The topological polar surface area (TPSA) is 53.1 Å². The number of hydrogen-bond donors (Lipinski definition) is 1. The minimum absolute atomic E-state index is 0.650. The zero-order valence-corrected chi connectivity index (χ0v) is 9.97. The molecule has 0 saturated heterocycles. The Morgan fingerprint density at radius 3 is 2.94 bits per heavy atom. The number of nitrogens with two attached hydrogens (primary N) is 1. The van der Waals surface area contributed by atoms with Gasteiger partial charge in [-0.1, -0.05) is 12.1 Å². The van der Waals surface area contributed by atoms with Crippen molar-refractivity contribution in [3.63, 3.8) is 0 Å². The van der Waals surface area contributed by atoms with Crippen LogP contribution in [0.5, 0.6) is 11.5 Å². The SMILES string of the molecule is CCn1cc(Oc2cccc(CCN)c2)cn1. The summed E-state index contributed by atoms with van der Waals surface area (Å²) in [5.41, 5.74) is 6.72. The highest BCUT2D eigenvalue weighted by Crippen LogP contribution is 2.21. The number of ether oxygens (including phenoxy) is 1. The summed E-state index contributed by atoms with van der Waals surface area (Å²) in [4.78, 5) is 0. The Hall–Kier alpha value is -1.81. The van der Waals surface area contributed by atoms with Crippen LogP contribution in [0.2, 0.25) is 0 Å². The fourth-order valence-corrected chi connectivity index (χ4v) is 1.64. The Morgan fingerprint density at radius 2 is 2.24 bits per heavy atom. The van der Waals surface area contributed by atoms with Crippen molar-refractivity contribution < 1.29 is 4.74 Å². The van der Waals surface area contributed by atoms with Gasteiger partial charge in [-0.2, -0.15) is 5.10 Å². The van der Waals surface area contributed by atoms with Gasteiger partial charge in [-0.05, 0) is 37.6 Å². The number of rotatable bonds is 5. The second kappa shape index (κ2) is 5.50. The maximum absolute atomic E-state index is 5.72. The van der Waals surface area contributed by atoms with Crippen LogP contribution in [0.3, 0.4) is 0 Å². The van der Waals surface area contributed by atoms with E-state index in [9.17, 15) is 0 Å². The van der Waals surface area contributed by atoms with Gasteiger partial charge < -0.3 is 10.5 Å². The fourth-order valence-electron chi connectivity index (χ4n) is 1.64. The van der Waals surface area contributed by atoms with E-state index in [0.717, 1.165) is 24.5 Å². The molecule has 0 radical (unpaired) electrons. The van der Waals surface area contributed by atoms with Gasteiger partial charge in [0.15, 0.2) is 5.75 Å². The van der Waals surface area contributed by atoms with Crippen LogP contribution in [-0.4, -0.2) is 16.3 Å². The Bertz CT molecular complexity index is 479. The van der Waals surface area contributed by atoms with E-state index in [1.54, 1.807) is 6.20 Å². The minimum atomic E-state index is 0.650. The first kappa shape index (κ1) is 11.7. The van der Waals surface area contributed by atoms with Gasteiger partial charge in [0, 0.05) is 6.54 Å². The van der Waals surface area contributed by atoms with Gasteiger partial charge in [-0.15, -0.1) is 0 Å². The highest BCUT2D eigenvalue weighted by Gasteiger charge is 2.01. The van der Waals surface area contributed by atoms with Gasteiger partial charge in [0.1, 0.15) is 5.75 Å².